The molecule has 2 atom stereocenters. The van der Waals surface area contributed by atoms with Gasteiger partial charge in [-0.05, 0) is 11.8 Å². The predicted octanol–water partition coefficient (Wildman–Crippen LogP) is 0.573. The van der Waals surface area contributed by atoms with E-state index in [4.69, 9.17) is 5.73 Å². The molecule has 1 saturated heterocycles. The van der Waals surface area contributed by atoms with E-state index in [1.165, 1.54) is 0 Å². The second kappa shape index (κ2) is 3.17. The van der Waals surface area contributed by atoms with E-state index in [0.717, 1.165) is 12.2 Å². The lowest BCUT2D eigenvalue weighted by molar-refractivity contribution is -0.118. The van der Waals surface area contributed by atoms with Crippen molar-refractivity contribution in [1.82, 2.24) is 4.90 Å². The summed E-state index contributed by atoms with van der Waals surface area (Å²) in [6, 6.07) is 0. The summed E-state index contributed by atoms with van der Waals surface area (Å²) in [5.74, 6) is 0.777. The van der Waals surface area contributed by atoms with Gasteiger partial charge < -0.3 is 10.6 Å². The van der Waals surface area contributed by atoms with Gasteiger partial charge in [0, 0.05) is 12.2 Å². The number of carbonyl (C=O) groups excluding carboxylic acids is 1. The summed E-state index contributed by atoms with van der Waals surface area (Å²) >= 11 is 0. The number of allylic oxidation sites excluding steroid dienone is 1. The lowest BCUT2D eigenvalue weighted by Crippen LogP contribution is -2.30. The van der Waals surface area contributed by atoms with Crippen LogP contribution in [0.2, 0.25) is 0 Å². The maximum atomic E-state index is 10.7. The monoisotopic (exact) mass is 168 g/mol. The summed E-state index contributed by atoms with van der Waals surface area (Å²) in [6.45, 7) is 9.45. The number of likely N-dealkylation sites (tertiary alicyclic amines) is 1. The molecule has 3 heteroatoms. The van der Waals surface area contributed by atoms with Crippen molar-refractivity contribution >= 4 is 5.91 Å². The van der Waals surface area contributed by atoms with Gasteiger partial charge in [0.2, 0.25) is 5.91 Å². The molecule has 1 heterocycles. The molecule has 0 radical (unpaired) electrons. The Labute approximate surface area is 73.2 Å². The fourth-order valence-electron chi connectivity index (χ4n) is 1.59. The topological polar surface area (TPSA) is 46.3 Å². The van der Waals surface area contributed by atoms with Gasteiger partial charge in [0.1, 0.15) is 0 Å². The molecule has 2 N–H and O–H groups in total. The zero-order valence-corrected chi connectivity index (χ0v) is 7.71. The third kappa shape index (κ3) is 1.60. The van der Waals surface area contributed by atoms with Crippen molar-refractivity contribution < 1.29 is 4.79 Å². The highest BCUT2D eigenvalue weighted by atomic mass is 16.1. The van der Waals surface area contributed by atoms with E-state index in [2.05, 4.69) is 20.4 Å². The van der Waals surface area contributed by atoms with Crippen LogP contribution in [0.1, 0.15) is 13.8 Å². The van der Waals surface area contributed by atoms with Gasteiger partial charge in [0.15, 0.2) is 0 Å². The van der Waals surface area contributed by atoms with Crippen LogP contribution in [-0.2, 0) is 4.79 Å². The first-order valence-corrected chi connectivity index (χ1v) is 4.24. The Balaban J connectivity index is 2.59. The Morgan fingerprint density at radius 1 is 1.75 bits per heavy atom. The lowest BCUT2D eigenvalue weighted by Gasteiger charge is -2.17. The van der Waals surface area contributed by atoms with Crippen LogP contribution in [-0.4, -0.2) is 23.9 Å². The third-order valence-corrected chi connectivity index (χ3v) is 2.64. The maximum absolute atomic E-state index is 10.7. The Morgan fingerprint density at radius 3 is 2.67 bits per heavy atom. The molecule has 0 aromatic rings. The van der Waals surface area contributed by atoms with E-state index >= 15 is 0 Å². The molecule has 0 aromatic carbocycles. The molecule has 1 amide bonds. The van der Waals surface area contributed by atoms with Crippen LogP contribution in [0.5, 0.6) is 0 Å². The van der Waals surface area contributed by atoms with E-state index in [0.29, 0.717) is 18.4 Å². The van der Waals surface area contributed by atoms with Crippen LogP contribution in [0.15, 0.2) is 12.3 Å². The normalized spacial score (nSPS) is 29.5. The Kier molecular flexibility index (Phi) is 2.40. The molecule has 0 aromatic heterocycles. The molecule has 1 fully saturated rings. The summed E-state index contributed by atoms with van der Waals surface area (Å²) in [4.78, 5) is 12.6. The summed E-state index contributed by atoms with van der Waals surface area (Å²) < 4.78 is 0. The quantitative estimate of drug-likeness (QED) is 0.655. The van der Waals surface area contributed by atoms with Crippen LogP contribution in [0, 0.1) is 11.8 Å². The molecule has 68 valence electrons. The minimum atomic E-state index is -0.280. The van der Waals surface area contributed by atoms with Crippen molar-refractivity contribution in [3.05, 3.63) is 12.3 Å². The number of rotatable bonds is 2. The second-order valence-electron chi connectivity index (χ2n) is 3.60. The molecule has 2 unspecified atom stereocenters. The minimum absolute atomic E-state index is 0.280. The van der Waals surface area contributed by atoms with Gasteiger partial charge in [-0.2, -0.15) is 0 Å². The second-order valence-corrected chi connectivity index (χ2v) is 3.60. The number of hydrogen-bond acceptors (Lipinski definition) is 2. The number of nitrogens with two attached hydrogens (primary N) is 1. The fourth-order valence-corrected chi connectivity index (χ4v) is 1.59. The summed E-state index contributed by atoms with van der Waals surface area (Å²) in [5, 5.41) is 0. The van der Waals surface area contributed by atoms with Crippen molar-refractivity contribution in [2.75, 3.05) is 13.1 Å². The highest BCUT2D eigenvalue weighted by Gasteiger charge is 2.29. The lowest BCUT2D eigenvalue weighted by atomic mass is 9.99. The smallest absolute Gasteiger partial charge is 0.236 e. The SMILES string of the molecule is C=C1C(C)C(C)CN1CC(N)=O. The van der Waals surface area contributed by atoms with Crippen molar-refractivity contribution in [3.63, 3.8) is 0 Å². The Morgan fingerprint density at radius 2 is 2.33 bits per heavy atom. The van der Waals surface area contributed by atoms with Crippen LogP contribution in [0.4, 0.5) is 0 Å². The van der Waals surface area contributed by atoms with E-state index < -0.39 is 0 Å². The Bertz CT molecular complexity index is 213. The number of hydrogen-bond donors (Lipinski definition) is 1. The maximum Gasteiger partial charge on any atom is 0.236 e. The first kappa shape index (κ1) is 9.10. The molecular formula is C9H16N2O. The van der Waals surface area contributed by atoms with Crippen LogP contribution in [0.3, 0.4) is 0 Å². The van der Waals surface area contributed by atoms with Gasteiger partial charge in [0.25, 0.3) is 0 Å². The zero-order valence-electron chi connectivity index (χ0n) is 7.71. The standard InChI is InChI=1S/C9H16N2O/c1-6-4-11(5-9(10)12)8(3)7(6)2/h6-7H,3-5H2,1-2H3,(H2,10,12). The van der Waals surface area contributed by atoms with Crippen molar-refractivity contribution in [1.29, 1.82) is 0 Å². The van der Waals surface area contributed by atoms with E-state index in [9.17, 15) is 4.79 Å². The summed E-state index contributed by atoms with van der Waals surface area (Å²) in [6.07, 6.45) is 0. The van der Waals surface area contributed by atoms with Crippen LogP contribution >= 0.6 is 0 Å². The predicted molar refractivity (Wildman–Crippen MR) is 48.2 cm³/mol. The molecular weight excluding hydrogens is 152 g/mol. The van der Waals surface area contributed by atoms with E-state index in [-0.39, 0.29) is 5.91 Å². The van der Waals surface area contributed by atoms with Crippen molar-refractivity contribution in [2.24, 2.45) is 17.6 Å². The average molecular weight is 168 g/mol. The Hall–Kier alpha value is -0.990. The van der Waals surface area contributed by atoms with Gasteiger partial charge in [-0.3, -0.25) is 4.79 Å². The molecule has 1 aliphatic heterocycles. The molecule has 3 nitrogen and oxygen atoms in total. The molecule has 0 saturated carbocycles. The van der Waals surface area contributed by atoms with Crippen molar-refractivity contribution in [3.8, 4) is 0 Å². The largest absolute Gasteiger partial charge is 0.368 e. The molecule has 0 bridgehead atoms. The van der Waals surface area contributed by atoms with E-state index in [1.807, 2.05) is 4.90 Å². The van der Waals surface area contributed by atoms with Gasteiger partial charge >= 0.3 is 0 Å². The highest BCUT2D eigenvalue weighted by molar-refractivity contribution is 5.76. The number of primary amides is 1. The molecule has 0 aliphatic carbocycles. The minimum Gasteiger partial charge on any atom is -0.368 e. The van der Waals surface area contributed by atoms with E-state index in [1.54, 1.807) is 0 Å². The highest BCUT2D eigenvalue weighted by Crippen LogP contribution is 2.30. The molecule has 12 heavy (non-hydrogen) atoms. The van der Waals surface area contributed by atoms with Gasteiger partial charge in [-0.25, -0.2) is 0 Å². The molecule has 1 rings (SSSR count). The average Bonchev–Trinajstić information content (AvgIpc) is 2.17. The van der Waals surface area contributed by atoms with Gasteiger partial charge in [-0.15, -0.1) is 0 Å². The number of amides is 1. The summed E-state index contributed by atoms with van der Waals surface area (Å²) in [7, 11) is 0. The van der Waals surface area contributed by atoms with Crippen molar-refractivity contribution in [2.45, 2.75) is 13.8 Å². The zero-order chi connectivity index (χ0) is 9.30. The number of carbonyl (C=O) groups is 1. The third-order valence-electron chi connectivity index (χ3n) is 2.64. The first-order valence-electron chi connectivity index (χ1n) is 4.24. The molecule has 1 aliphatic rings. The first-order chi connectivity index (χ1) is 5.52. The van der Waals surface area contributed by atoms with Crippen LogP contribution in [0.25, 0.3) is 0 Å². The fraction of sp³-hybridized carbons (Fsp3) is 0.667. The van der Waals surface area contributed by atoms with Crippen LogP contribution < -0.4 is 5.73 Å². The summed E-state index contributed by atoms with van der Waals surface area (Å²) in [5.41, 5.74) is 6.15. The number of nitrogens with zero attached hydrogens (tertiary/aromatic N) is 1. The van der Waals surface area contributed by atoms with Gasteiger partial charge in [0.05, 0.1) is 6.54 Å². The molecule has 0 spiro atoms. The van der Waals surface area contributed by atoms with Gasteiger partial charge in [-0.1, -0.05) is 20.4 Å².